The maximum atomic E-state index is 12.7. The lowest BCUT2D eigenvalue weighted by Crippen LogP contribution is -2.52. The number of anilines is 1. The Hall–Kier alpha value is -3.53. The van der Waals surface area contributed by atoms with E-state index in [1.54, 1.807) is 16.9 Å². The first-order chi connectivity index (χ1) is 16.0. The van der Waals surface area contributed by atoms with Crippen LogP contribution in [-0.4, -0.2) is 75.5 Å². The van der Waals surface area contributed by atoms with Crippen molar-refractivity contribution in [1.82, 2.24) is 24.6 Å². The van der Waals surface area contributed by atoms with E-state index in [0.29, 0.717) is 31.3 Å². The van der Waals surface area contributed by atoms with Gasteiger partial charge in [0.15, 0.2) is 11.0 Å². The van der Waals surface area contributed by atoms with Crippen LogP contribution in [0.5, 0.6) is 5.75 Å². The van der Waals surface area contributed by atoms with Crippen LogP contribution in [-0.2, 0) is 11.8 Å². The van der Waals surface area contributed by atoms with Crippen molar-refractivity contribution in [3.05, 3.63) is 54.6 Å². The van der Waals surface area contributed by atoms with E-state index in [2.05, 4.69) is 15.5 Å². The highest BCUT2D eigenvalue weighted by molar-refractivity contribution is 7.99. The molecule has 1 saturated heterocycles. The highest BCUT2D eigenvalue weighted by atomic mass is 32.2. The normalized spacial score (nSPS) is 13.6. The SMILES string of the molecule is COc1ccc(-c2nnc(SCC(=O)N3CCN(C(=O)Nc4ccccc4)CC3)n2C)cc1. The second kappa shape index (κ2) is 10.4. The summed E-state index contributed by atoms with van der Waals surface area (Å²) in [6, 6.07) is 16.8. The van der Waals surface area contributed by atoms with Crippen molar-refractivity contribution in [2.24, 2.45) is 7.05 Å². The van der Waals surface area contributed by atoms with E-state index >= 15 is 0 Å². The molecule has 3 aromatic rings. The topological polar surface area (TPSA) is 92.6 Å². The molecule has 0 spiro atoms. The highest BCUT2D eigenvalue weighted by Crippen LogP contribution is 2.24. The van der Waals surface area contributed by atoms with Crippen LogP contribution < -0.4 is 10.1 Å². The molecular formula is C23H26N6O3S. The third-order valence-electron chi connectivity index (χ3n) is 5.45. The molecule has 1 aromatic heterocycles. The molecule has 2 heterocycles. The van der Waals surface area contributed by atoms with E-state index < -0.39 is 0 Å². The van der Waals surface area contributed by atoms with Crippen molar-refractivity contribution in [1.29, 1.82) is 0 Å². The molecular weight excluding hydrogens is 440 g/mol. The van der Waals surface area contributed by atoms with Crippen molar-refractivity contribution in [3.8, 4) is 17.1 Å². The average Bonchev–Trinajstić information content (AvgIpc) is 3.23. The molecule has 172 valence electrons. The Balaban J connectivity index is 1.27. The number of amides is 3. The van der Waals surface area contributed by atoms with E-state index in [1.807, 2.05) is 66.2 Å². The quantitative estimate of drug-likeness (QED) is 0.562. The molecule has 3 amide bonds. The molecule has 0 radical (unpaired) electrons. The van der Waals surface area contributed by atoms with E-state index in [4.69, 9.17) is 4.74 Å². The summed E-state index contributed by atoms with van der Waals surface area (Å²) in [4.78, 5) is 28.7. The lowest BCUT2D eigenvalue weighted by Gasteiger charge is -2.34. The summed E-state index contributed by atoms with van der Waals surface area (Å²) in [6.45, 7) is 2.02. The van der Waals surface area contributed by atoms with E-state index in [9.17, 15) is 9.59 Å². The molecule has 33 heavy (non-hydrogen) atoms. The molecule has 1 aliphatic rings. The lowest BCUT2D eigenvalue weighted by molar-refractivity contribution is -0.129. The second-order valence-corrected chi connectivity index (χ2v) is 8.49. The Kier molecular flexibility index (Phi) is 7.13. The predicted molar refractivity (Wildman–Crippen MR) is 127 cm³/mol. The minimum atomic E-state index is -0.146. The fourth-order valence-electron chi connectivity index (χ4n) is 3.53. The van der Waals surface area contributed by atoms with Gasteiger partial charge in [0.2, 0.25) is 5.91 Å². The van der Waals surface area contributed by atoms with Gasteiger partial charge in [-0.25, -0.2) is 4.79 Å². The van der Waals surface area contributed by atoms with Gasteiger partial charge in [0.1, 0.15) is 5.75 Å². The van der Waals surface area contributed by atoms with Crippen LogP contribution in [0, 0.1) is 0 Å². The predicted octanol–water partition coefficient (Wildman–Crippen LogP) is 2.96. The minimum Gasteiger partial charge on any atom is -0.497 e. The summed E-state index contributed by atoms with van der Waals surface area (Å²) in [5.74, 6) is 1.80. The molecule has 9 nitrogen and oxygen atoms in total. The number of methoxy groups -OCH3 is 1. The van der Waals surface area contributed by atoms with Gasteiger partial charge in [-0.3, -0.25) is 4.79 Å². The summed E-state index contributed by atoms with van der Waals surface area (Å²) in [6.07, 6.45) is 0. The van der Waals surface area contributed by atoms with Crippen LogP contribution in [0.4, 0.5) is 10.5 Å². The number of benzene rings is 2. The summed E-state index contributed by atoms with van der Waals surface area (Å²) < 4.78 is 7.08. The van der Waals surface area contributed by atoms with Gasteiger partial charge in [-0.15, -0.1) is 10.2 Å². The molecule has 1 fully saturated rings. The van der Waals surface area contributed by atoms with Crippen molar-refractivity contribution < 1.29 is 14.3 Å². The zero-order valence-electron chi connectivity index (χ0n) is 18.6. The largest absolute Gasteiger partial charge is 0.497 e. The Morgan fingerprint density at radius 1 is 0.970 bits per heavy atom. The van der Waals surface area contributed by atoms with E-state index in [0.717, 1.165) is 22.8 Å². The smallest absolute Gasteiger partial charge is 0.321 e. The van der Waals surface area contributed by atoms with Crippen LogP contribution in [0.1, 0.15) is 0 Å². The number of carbonyl (C=O) groups is 2. The molecule has 0 saturated carbocycles. The third-order valence-corrected chi connectivity index (χ3v) is 6.46. The number of aromatic nitrogens is 3. The standard InChI is InChI=1S/C23H26N6O3S/c1-27-21(17-8-10-19(32-2)11-9-17)25-26-23(27)33-16-20(30)28-12-14-29(15-13-28)22(31)24-18-6-4-3-5-7-18/h3-11H,12-16H2,1-2H3,(H,24,31). The number of urea groups is 1. The summed E-state index contributed by atoms with van der Waals surface area (Å²) in [5, 5.41) is 12.1. The first-order valence-corrected chi connectivity index (χ1v) is 11.6. The average molecular weight is 467 g/mol. The number of carbonyl (C=O) groups excluding carboxylic acids is 2. The van der Waals surface area contributed by atoms with Crippen molar-refractivity contribution in [2.75, 3.05) is 44.4 Å². The second-order valence-electron chi connectivity index (χ2n) is 7.55. The summed E-state index contributed by atoms with van der Waals surface area (Å²) in [5.41, 5.74) is 1.68. The van der Waals surface area contributed by atoms with Gasteiger partial charge in [-0.2, -0.15) is 0 Å². The Morgan fingerprint density at radius 2 is 1.64 bits per heavy atom. The Bertz CT molecular complexity index is 1100. The molecule has 0 atom stereocenters. The van der Waals surface area contributed by atoms with Gasteiger partial charge in [0.25, 0.3) is 0 Å². The maximum absolute atomic E-state index is 12.7. The molecule has 0 bridgehead atoms. The van der Waals surface area contributed by atoms with Crippen molar-refractivity contribution >= 4 is 29.4 Å². The number of hydrogen-bond donors (Lipinski definition) is 1. The third kappa shape index (κ3) is 5.46. The van der Waals surface area contributed by atoms with Gasteiger partial charge >= 0.3 is 6.03 Å². The summed E-state index contributed by atoms with van der Waals surface area (Å²) >= 11 is 1.36. The number of thioether (sulfide) groups is 1. The number of rotatable bonds is 6. The number of piperazine rings is 1. The van der Waals surface area contributed by atoms with Crippen molar-refractivity contribution in [3.63, 3.8) is 0 Å². The number of ether oxygens (including phenoxy) is 1. The van der Waals surface area contributed by atoms with Gasteiger partial charge in [0.05, 0.1) is 12.9 Å². The zero-order chi connectivity index (χ0) is 23.2. The summed E-state index contributed by atoms with van der Waals surface area (Å²) in [7, 11) is 3.51. The Morgan fingerprint density at radius 3 is 2.30 bits per heavy atom. The molecule has 10 heteroatoms. The fourth-order valence-corrected chi connectivity index (χ4v) is 4.35. The van der Waals surface area contributed by atoms with Gasteiger partial charge in [-0.1, -0.05) is 30.0 Å². The van der Waals surface area contributed by atoms with Crippen LogP contribution in [0.3, 0.4) is 0 Å². The molecule has 1 N–H and O–H groups in total. The molecule has 4 rings (SSSR count). The molecule has 1 aliphatic heterocycles. The molecule has 2 aromatic carbocycles. The zero-order valence-corrected chi connectivity index (χ0v) is 19.4. The van der Waals surface area contributed by atoms with Crippen molar-refractivity contribution in [2.45, 2.75) is 5.16 Å². The van der Waals surface area contributed by atoms with Gasteiger partial charge in [0, 0.05) is 44.5 Å². The Labute approximate surface area is 196 Å². The molecule has 0 aliphatic carbocycles. The lowest BCUT2D eigenvalue weighted by atomic mass is 10.2. The fraction of sp³-hybridized carbons (Fsp3) is 0.304. The van der Waals surface area contributed by atoms with E-state index in [-0.39, 0.29) is 17.7 Å². The van der Waals surface area contributed by atoms with Crippen LogP contribution in [0.25, 0.3) is 11.4 Å². The van der Waals surface area contributed by atoms with Gasteiger partial charge < -0.3 is 24.4 Å². The van der Waals surface area contributed by atoms with Crippen LogP contribution >= 0.6 is 11.8 Å². The maximum Gasteiger partial charge on any atom is 0.321 e. The first kappa shape index (κ1) is 22.7. The monoisotopic (exact) mass is 466 g/mol. The van der Waals surface area contributed by atoms with Crippen LogP contribution in [0.2, 0.25) is 0 Å². The number of hydrogen-bond acceptors (Lipinski definition) is 6. The van der Waals surface area contributed by atoms with E-state index in [1.165, 1.54) is 11.8 Å². The number of nitrogens with zero attached hydrogens (tertiary/aromatic N) is 5. The van der Waals surface area contributed by atoms with Crippen LogP contribution in [0.15, 0.2) is 59.8 Å². The highest BCUT2D eigenvalue weighted by Gasteiger charge is 2.24. The number of nitrogens with one attached hydrogen (secondary N) is 1. The first-order valence-electron chi connectivity index (χ1n) is 10.6. The number of para-hydroxylation sites is 1. The molecule has 0 unspecified atom stereocenters. The minimum absolute atomic E-state index is 0.0251. The van der Waals surface area contributed by atoms with Gasteiger partial charge in [-0.05, 0) is 36.4 Å².